The van der Waals surface area contributed by atoms with Crippen molar-refractivity contribution in [2.75, 3.05) is 5.32 Å². The van der Waals surface area contributed by atoms with Gasteiger partial charge >= 0.3 is 0 Å². The van der Waals surface area contributed by atoms with Gasteiger partial charge in [0.2, 0.25) is 0 Å². The molecule has 110 valence electrons. The van der Waals surface area contributed by atoms with Crippen molar-refractivity contribution in [1.29, 1.82) is 0 Å². The minimum Gasteiger partial charge on any atom is -0.377 e. The first-order valence-corrected chi connectivity index (χ1v) is 7.10. The Hall–Kier alpha value is -2.66. The van der Waals surface area contributed by atoms with Crippen LogP contribution in [0.1, 0.15) is 5.69 Å². The Kier molecular flexibility index (Phi) is 4.16. The molecule has 1 aromatic carbocycles. The van der Waals surface area contributed by atoms with Crippen LogP contribution in [0.4, 0.5) is 5.69 Å². The highest BCUT2D eigenvalue weighted by atomic mass is 35.5. The Balaban J connectivity index is 1.86. The number of aromatic nitrogens is 3. The van der Waals surface area contributed by atoms with Crippen LogP contribution >= 0.6 is 11.6 Å². The summed E-state index contributed by atoms with van der Waals surface area (Å²) >= 11 is 6.16. The van der Waals surface area contributed by atoms with Gasteiger partial charge < -0.3 is 5.32 Å². The van der Waals surface area contributed by atoms with Crippen molar-refractivity contribution in [1.82, 2.24) is 14.8 Å². The van der Waals surface area contributed by atoms with E-state index in [2.05, 4.69) is 15.4 Å². The van der Waals surface area contributed by atoms with E-state index in [0.717, 1.165) is 5.69 Å². The number of benzene rings is 1. The lowest BCUT2D eigenvalue weighted by Crippen LogP contribution is -2.22. The molecular weight excluding hydrogens is 300 g/mol. The molecule has 0 unspecified atom stereocenters. The van der Waals surface area contributed by atoms with E-state index >= 15 is 0 Å². The predicted molar refractivity (Wildman–Crippen MR) is 86.4 cm³/mol. The molecule has 6 heteroatoms. The maximum atomic E-state index is 12.3. The van der Waals surface area contributed by atoms with Gasteiger partial charge in [0.25, 0.3) is 5.56 Å². The number of nitrogens with one attached hydrogen (secondary N) is 1. The second-order valence-electron chi connectivity index (χ2n) is 4.60. The summed E-state index contributed by atoms with van der Waals surface area (Å²) in [6.07, 6.45) is 3.25. The van der Waals surface area contributed by atoms with Crippen LogP contribution in [0.25, 0.3) is 5.69 Å². The third-order valence-corrected chi connectivity index (χ3v) is 3.47. The number of anilines is 1. The number of para-hydroxylation sites is 1. The summed E-state index contributed by atoms with van der Waals surface area (Å²) in [7, 11) is 0. The first kappa shape index (κ1) is 14.3. The number of pyridine rings is 1. The van der Waals surface area contributed by atoms with Gasteiger partial charge in [-0.2, -0.15) is 9.78 Å². The van der Waals surface area contributed by atoms with Gasteiger partial charge in [0.15, 0.2) is 0 Å². The lowest BCUT2D eigenvalue weighted by molar-refractivity contribution is 0.806. The Morgan fingerprint density at radius 3 is 2.59 bits per heavy atom. The zero-order chi connectivity index (χ0) is 15.4. The third kappa shape index (κ3) is 2.99. The monoisotopic (exact) mass is 312 g/mol. The van der Waals surface area contributed by atoms with E-state index in [0.29, 0.717) is 17.9 Å². The van der Waals surface area contributed by atoms with Gasteiger partial charge in [0, 0.05) is 6.20 Å². The molecule has 0 saturated heterocycles. The molecule has 5 nitrogen and oxygen atoms in total. The molecule has 0 aliphatic rings. The van der Waals surface area contributed by atoms with Crippen LogP contribution < -0.4 is 10.9 Å². The predicted octanol–water partition coefficient (Wildman–Crippen LogP) is 2.89. The number of hydrogen-bond acceptors (Lipinski definition) is 4. The van der Waals surface area contributed by atoms with Gasteiger partial charge in [-0.25, -0.2) is 0 Å². The van der Waals surface area contributed by atoms with Crippen LogP contribution in [0.5, 0.6) is 0 Å². The molecule has 3 aromatic rings. The van der Waals surface area contributed by atoms with Crippen LogP contribution in [0.3, 0.4) is 0 Å². The van der Waals surface area contributed by atoms with Gasteiger partial charge in [0.1, 0.15) is 5.02 Å². The number of hydrogen-bond donors (Lipinski definition) is 1. The Morgan fingerprint density at radius 2 is 1.86 bits per heavy atom. The fourth-order valence-corrected chi connectivity index (χ4v) is 2.19. The maximum absolute atomic E-state index is 12.3. The standard InChI is InChI=1S/C16H13ClN4O/c17-15-14(19-10-12-6-4-5-9-18-12)11-20-21(16(15)22)13-7-2-1-3-8-13/h1-9,11,19H,10H2. The van der Waals surface area contributed by atoms with E-state index in [1.54, 1.807) is 24.5 Å². The van der Waals surface area contributed by atoms with Crippen molar-refractivity contribution in [3.63, 3.8) is 0 Å². The summed E-state index contributed by atoms with van der Waals surface area (Å²) in [6, 6.07) is 14.8. The average molecular weight is 313 g/mol. The van der Waals surface area contributed by atoms with Gasteiger partial charge in [-0.15, -0.1) is 0 Å². The van der Waals surface area contributed by atoms with Gasteiger partial charge in [-0.3, -0.25) is 9.78 Å². The summed E-state index contributed by atoms with van der Waals surface area (Å²) in [5.41, 5.74) is 1.65. The quantitative estimate of drug-likeness (QED) is 0.804. The second-order valence-corrected chi connectivity index (χ2v) is 4.98. The van der Waals surface area contributed by atoms with Gasteiger partial charge in [0.05, 0.1) is 29.8 Å². The topological polar surface area (TPSA) is 59.8 Å². The summed E-state index contributed by atoms with van der Waals surface area (Å²) in [6.45, 7) is 0.469. The molecule has 0 atom stereocenters. The van der Waals surface area contributed by atoms with Gasteiger partial charge in [-0.05, 0) is 24.3 Å². The van der Waals surface area contributed by atoms with Crippen molar-refractivity contribution in [2.45, 2.75) is 6.54 Å². The van der Waals surface area contributed by atoms with E-state index in [-0.39, 0.29) is 10.6 Å². The minimum absolute atomic E-state index is 0.106. The largest absolute Gasteiger partial charge is 0.377 e. The highest BCUT2D eigenvalue weighted by Crippen LogP contribution is 2.17. The highest BCUT2D eigenvalue weighted by molar-refractivity contribution is 6.32. The van der Waals surface area contributed by atoms with E-state index in [4.69, 9.17) is 11.6 Å². The normalized spacial score (nSPS) is 10.4. The molecule has 0 spiro atoms. The third-order valence-electron chi connectivity index (χ3n) is 3.11. The van der Waals surface area contributed by atoms with Crippen molar-refractivity contribution in [2.24, 2.45) is 0 Å². The number of halogens is 1. The molecule has 0 bridgehead atoms. The minimum atomic E-state index is -0.362. The first-order valence-electron chi connectivity index (χ1n) is 6.73. The molecule has 0 aliphatic heterocycles. The van der Waals surface area contributed by atoms with E-state index < -0.39 is 0 Å². The molecular formula is C16H13ClN4O. The van der Waals surface area contributed by atoms with Crippen LogP contribution in [0, 0.1) is 0 Å². The van der Waals surface area contributed by atoms with Crippen LogP contribution in [-0.4, -0.2) is 14.8 Å². The summed E-state index contributed by atoms with van der Waals surface area (Å²) in [4.78, 5) is 16.5. The summed E-state index contributed by atoms with van der Waals surface area (Å²) in [5, 5.41) is 7.34. The zero-order valence-electron chi connectivity index (χ0n) is 11.6. The number of rotatable bonds is 4. The molecule has 0 saturated carbocycles. The van der Waals surface area contributed by atoms with Crippen molar-refractivity contribution >= 4 is 17.3 Å². The van der Waals surface area contributed by atoms with Crippen molar-refractivity contribution in [3.8, 4) is 5.69 Å². The fourth-order valence-electron chi connectivity index (χ4n) is 2.00. The second kappa shape index (κ2) is 6.41. The fraction of sp³-hybridized carbons (Fsp3) is 0.0625. The smallest absolute Gasteiger partial charge is 0.292 e. The molecule has 0 fully saturated rings. The molecule has 0 amide bonds. The summed E-state index contributed by atoms with van der Waals surface area (Å²) in [5.74, 6) is 0. The summed E-state index contributed by atoms with van der Waals surface area (Å²) < 4.78 is 1.27. The number of nitrogens with zero attached hydrogens (tertiary/aromatic N) is 3. The lowest BCUT2D eigenvalue weighted by Gasteiger charge is -2.10. The molecule has 3 rings (SSSR count). The molecule has 2 heterocycles. The van der Waals surface area contributed by atoms with E-state index in [1.165, 1.54) is 4.68 Å². The Labute approximate surface area is 132 Å². The van der Waals surface area contributed by atoms with Crippen LogP contribution in [-0.2, 0) is 6.54 Å². The maximum Gasteiger partial charge on any atom is 0.292 e. The molecule has 2 aromatic heterocycles. The SMILES string of the molecule is O=c1c(Cl)c(NCc2ccccn2)cnn1-c1ccccc1. The molecule has 1 N–H and O–H groups in total. The average Bonchev–Trinajstić information content (AvgIpc) is 2.58. The van der Waals surface area contributed by atoms with E-state index in [9.17, 15) is 4.79 Å². The molecule has 0 aliphatic carbocycles. The first-order chi connectivity index (χ1) is 10.8. The van der Waals surface area contributed by atoms with Crippen molar-refractivity contribution in [3.05, 3.63) is 82.0 Å². The van der Waals surface area contributed by atoms with Gasteiger partial charge in [-0.1, -0.05) is 35.9 Å². The van der Waals surface area contributed by atoms with Crippen LogP contribution in [0.2, 0.25) is 5.02 Å². The highest BCUT2D eigenvalue weighted by Gasteiger charge is 2.10. The Morgan fingerprint density at radius 1 is 1.09 bits per heavy atom. The molecule has 22 heavy (non-hydrogen) atoms. The van der Waals surface area contributed by atoms with E-state index in [1.807, 2.05) is 36.4 Å². The van der Waals surface area contributed by atoms with Crippen molar-refractivity contribution < 1.29 is 0 Å². The Bertz CT molecular complexity index is 819. The molecule has 0 radical (unpaired) electrons. The van der Waals surface area contributed by atoms with Crippen LogP contribution in [0.15, 0.2) is 65.7 Å². The zero-order valence-corrected chi connectivity index (χ0v) is 12.4. The lowest BCUT2D eigenvalue weighted by atomic mass is 10.3.